The second-order valence-electron chi connectivity index (χ2n) is 5.79. The number of Topliss-reactive ketones (excluding diaryl/α,β-unsaturated/α-hetero) is 1. The standard InChI is InChI=1S/C13H25O4P/c1-10(2)8-16-18(15,17-9-11(3)4)13-7-5-6-12(13)14/h10-11,13H,5-9H2,1-4H3. The molecule has 1 saturated carbocycles. The van der Waals surface area contributed by atoms with Crippen molar-refractivity contribution in [2.45, 2.75) is 52.6 Å². The van der Waals surface area contributed by atoms with Crippen LogP contribution in [0, 0.1) is 11.8 Å². The van der Waals surface area contributed by atoms with Gasteiger partial charge in [0.15, 0.2) is 0 Å². The van der Waals surface area contributed by atoms with Crippen LogP contribution in [-0.2, 0) is 18.4 Å². The molecule has 0 bridgehead atoms. The molecule has 0 N–H and O–H groups in total. The Morgan fingerprint density at radius 1 is 1.17 bits per heavy atom. The van der Waals surface area contributed by atoms with Crippen LogP contribution in [0.1, 0.15) is 47.0 Å². The fraction of sp³-hybridized carbons (Fsp3) is 0.923. The SMILES string of the molecule is CC(C)COP(=O)(OCC(C)C)C1CCCC1=O. The van der Waals surface area contributed by atoms with E-state index < -0.39 is 13.3 Å². The second-order valence-corrected chi connectivity index (χ2v) is 8.01. The zero-order valence-corrected chi connectivity index (χ0v) is 12.7. The summed E-state index contributed by atoms with van der Waals surface area (Å²) in [5.74, 6) is 0.584. The van der Waals surface area contributed by atoms with E-state index in [-0.39, 0.29) is 17.6 Å². The molecule has 0 aliphatic heterocycles. The highest BCUT2D eigenvalue weighted by Gasteiger charge is 2.43. The van der Waals surface area contributed by atoms with Gasteiger partial charge < -0.3 is 9.05 Å². The van der Waals surface area contributed by atoms with Gasteiger partial charge >= 0.3 is 7.60 Å². The highest BCUT2D eigenvalue weighted by Crippen LogP contribution is 2.57. The van der Waals surface area contributed by atoms with E-state index in [0.717, 1.165) is 6.42 Å². The zero-order chi connectivity index (χ0) is 13.8. The molecule has 0 spiro atoms. The Labute approximate surface area is 110 Å². The Morgan fingerprint density at radius 3 is 2.00 bits per heavy atom. The van der Waals surface area contributed by atoms with E-state index in [4.69, 9.17) is 9.05 Å². The molecule has 0 aromatic rings. The van der Waals surface area contributed by atoms with Gasteiger partial charge in [-0.15, -0.1) is 0 Å². The Bertz CT molecular complexity index is 309. The summed E-state index contributed by atoms with van der Waals surface area (Å²) in [4.78, 5) is 11.8. The van der Waals surface area contributed by atoms with E-state index in [1.165, 1.54) is 0 Å². The Hall–Kier alpha value is -0.180. The van der Waals surface area contributed by atoms with Gasteiger partial charge in [0.25, 0.3) is 0 Å². The zero-order valence-electron chi connectivity index (χ0n) is 11.8. The topological polar surface area (TPSA) is 52.6 Å². The first-order valence-electron chi connectivity index (χ1n) is 6.76. The van der Waals surface area contributed by atoms with Gasteiger partial charge in [-0.25, -0.2) is 0 Å². The second kappa shape index (κ2) is 6.83. The maximum absolute atomic E-state index is 12.8. The first kappa shape index (κ1) is 15.9. The third-order valence-electron chi connectivity index (χ3n) is 2.83. The molecule has 0 aromatic carbocycles. The van der Waals surface area contributed by atoms with E-state index >= 15 is 0 Å². The van der Waals surface area contributed by atoms with Gasteiger partial charge in [-0.05, 0) is 24.7 Å². The van der Waals surface area contributed by atoms with Gasteiger partial charge in [-0.2, -0.15) is 0 Å². The molecule has 0 radical (unpaired) electrons. The average molecular weight is 276 g/mol. The molecule has 1 aliphatic carbocycles. The molecule has 1 fully saturated rings. The fourth-order valence-corrected chi connectivity index (χ4v) is 4.28. The predicted molar refractivity (Wildman–Crippen MR) is 71.8 cm³/mol. The van der Waals surface area contributed by atoms with Crippen molar-refractivity contribution >= 4 is 13.4 Å². The lowest BCUT2D eigenvalue weighted by atomic mass is 10.2. The maximum atomic E-state index is 12.8. The summed E-state index contributed by atoms with van der Waals surface area (Å²) in [6, 6.07) is 0. The summed E-state index contributed by atoms with van der Waals surface area (Å²) in [7, 11) is -3.28. The smallest absolute Gasteiger partial charge is 0.308 e. The highest BCUT2D eigenvalue weighted by atomic mass is 31.2. The van der Waals surface area contributed by atoms with Crippen LogP contribution in [0.5, 0.6) is 0 Å². The summed E-state index contributed by atoms with van der Waals surface area (Å²) in [5.41, 5.74) is -0.532. The van der Waals surface area contributed by atoms with Gasteiger partial charge in [-0.3, -0.25) is 9.36 Å². The number of ketones is 1. The van der Waals surface area contributed by atoms with Crippen LogP contribution in [0.25, 0.3) is 0 Å². The van der Waals surface area contributed by atoms with E-state index in [1.807, 2.05) is 27.7 Å². The molecule has 1 aliphatic rings. The molecule has 0 aromatic heterocycles. The molecular formula is C13H25O4P. The van der Waals surface area contributed by atoms with Crippen LogP contribution in [0.15, 0.2) is 0 Å². The molecule has 5 heteroatoms. The van der Waals surface area contributed by atoms with Crippen molar-refractivity contribution in [1.82, 2.24) is 0 Å². The van der Waals surface area contributed by atoms with E-state index in [2.05, 4.69) is 0 Å². The summed E-state index contributed by atoms with van der Waals surface area (Å²) in [6.07, 6.45) is 1.93. The number of carbonyl (C=O) groups is 1. The minimum absolute atomic E-state index is 0.0332. The highest BCUT2D eigenvalue weighted by molar-refractivity contribution is 7.55. The molecular weight excluding hydrogens is 251 g/mol. The molecule has 0 amide bonds. The summed E-state index contributed by atoms with van der Waals surface area (Å²) in [5, 5.41) is 0. The molecule has 0 saturated heterocycles. The lowest BCUT2D eigenvalue weighted by Gasteiger charge is -2.24. The van der Waals surface area contributed by atoms with E-state index in [9.17, 15) is 9.36 Å². The van der Waals surface area contributed by atoms with Crippen molar-refractivity contribution < 1.29 is 18.4 Å². The van der Waals surface area contributed by atoms with Crippen LogP contribution in [-0.4, -0.2) is 24.7 Å². The van der Waals surface area contributed by atoms with Crippen molar-refractivity contribution in [2.75, 3.05) is 13.2 Å². The van der Waals surface area contributed by atoms with Crippen LogP contribution in [0.2, 0.25) is 0 Å². The first-order valence-corrected chi connectivity index (χ1v) is 8.38. The van der Waals surface area contributed by atoms with Crippen LogP contribution in [0.3, 0.4) is 0 Å². The number of carbonyl (C=O) groups excluding carboxylic acids is 1. The minimum Gasteiger partial charge on any atom is -0.308 e. The Morgan fingerprint density at radius 2 is 1.67 bits per heavy atom. The molecule has 0 heterocycles. The van der Waals surface area contributed by atoms with Crippen molar-refractivity contribution in [3.63, 3.8) is 0 Å². The summed E-state index contributed by atoms with van der Waals surface area (Å²) in [6.45, 7) is 8.71. The van der Waals surface area contributed by atoms with Crippen molar-refractivity contribution in [2.24, 2.45) is 11.8 Å². The fourth-order valence-electron chi connectivity index (χ4n) is 1.85. The summed E-state index contributed by atoms with van der Waals surface area (Å²) < 4.78 is 23.8. The minimum atomic E-state index is -3.28. The quantitative estimate of drug-likeness (QED) is 0.666. The monoisotopic (exact) mass is 276 g/mol. The van der Waals surface area contributed by atoms with E-state index in [1.54, 1.807) is 0 Å². The lowest BCUT2D eigenvalue weighted by molar-refractivity contribution is -0.117. The maximum Gasteiger partial charge on any atom is 0.341 e. The van der Waals surface area contributed by atoms with E-state index in [0.29, 0.717) is 26.1 Å². The molecule has 1 unspecified atom stereocenters. The lowest BCUT2D eigenvalue weighted by Crippen LogP contribution is -2.20. The predicted octanol–water partition coefficient (Wildman–Crippen LogP) is 3.65. The third-order valence-corrected chi connectivity index (χ3v) is 5.16. The van der Waals surface area contributed by atoms with Gasteiger partial charge in [0, 0.05) is 6.42 Å². The Kier molecular flexibility index (Phi) is 6.03. The average Bonchev–Trinajstić information content (AvgIpc) is 2.71. The van der Waals surface area contributed by atoms with Crippen molar-refractivity contribution in [3.05, 3.63) is 0 Å². The first-order chi connectivity index (χ1) is 8.35. The van der Waals surface area contributed by atoms with Crippen molar-refractivity contribution in [3.8, 4) is 0 Å². The number of hydrogen-bond acceptors (Lipinski definition) is 4. The molecule has 106 valence electrons. The largest absolute Gasteiger partial charge is 0.341 e. The Balaban J connectivity index is 2.72. The number of hydrogen-bond donors (Lipinski definition) is 0. The van der Waals surface area contributed by atoms with Gasteiger partial charge in [0.1, 0.15) is 11.4 Å². The number of rotatable bonds is 7. The molecule has 1 atom stereocenters. The van der Waals surface area contributed by atoms with Crippen LogP contribution < -0.4 is 0 Å². The van der Waals surface area contributed by atoms with Crippen LogP contribution >= 0.6 is 7.60 Å². The third kappa shape index (κ3) is 4.49. The molecule has 18 heavy (non-hydrogen) atoms. The summed E-state index contributed by atoms with van der Waals surface area (Å²) >= 11 is 0. The molecule has 1 rings (SSSR count). The van der Waals surface area contributed by atoms with Gasteiger partial charge in [0.05, 0.1) is 13.2 Å². The normalized spacial score (nSPS) is 21.2. The van der Waals surface area contributed by atoms with Crippen molar-refractivity contribution in [1.29, 1.82) is 0 Å². The molecule has 4 nitrogen and oxygen atoms in total. The van der Waals surface area contributed by atoms with Crippen LogP contribution in [0.4, 0.5) is 0 Å². The van der Waals surface area contributed by atoms with Gasteiger partial charge in [-0.1, -0.05) is 27.7 Å². The van der Waals surface area contributed by atoms with Gasteiger partial charge in [0.2, 0.25) is 0 Å².